The molecule has 0 amide bonds. The predicted octanol–water partition coefficient (Wildman–Crippen LogP) is 4.04. The molecule has 1 heterocycles. The minimum atomic E-state index is -4.35. The van der Waals surface area contributed by atoms with Crippen LogP contribution in [0.25, 0.3) is 16.7 Å². The highest BCUT2D eigenvalue weighted by Gasteiger charge is 2.30. The average Bonchev–Trinajstić information content (AvgIpc) is 2.81. The maximum absolute atomic E-state index is 12.7. The molecule has 0 spiro atoms. The van der Waals surface area contributed by atoms with Crippen LogP contribution >= 0.6 is 0 Å². The van der Waals surface area contributed by atoms with Crippen LogP contribution in [0.4, 0.5) is 13.2 Å². The number of rotatable bonds is 1. The number of alkyl halides is 3. The Bertz CT molecular complexity index is 714. The minimum Gasteiger partial charge on any atom is -0.299 e. The fourth-order valence-corrected chi connectivity index (χ4v) is 1.98. The van der Waals surface area contributed by atoms with Gasteiger partial charge < -0.3 is 0 Å². The van der Waals surface area contributed by atoms with Gasteiger partial charge in [-0.25, -0.2) is 4.98 Å². The third kappa shape index (κ3) is 2.07. The minimum absolute atomic E-state index is 0.445. The van der Waals surface area contributed by atoms with E-state index in [2.05, 4.69) is 4.98 Å². The molecular formula is C14H9F3N2. The molecule has 3 aromatic rings. The van der Waals surface area contributed by atoms with Gasteiger partial charge in [-0.15, -0.1) is 0 Å². The summed E-state index contributed by atoms with van der Waals surface area (Å²) in [5.74, 6) is 0. The molecule has 3 rings (SSSR count). The quantitative estimate of drug-likeness (QED) is 0.647. The Balaban J connectivity index is 2.22. The van der Waals surface area contributed by atoms with E-state index in [1.54, 1.807) is 4.57 Å². The van der Waals surface area contributed by atoms with Crippen molar-refractivity contribution in [3.8, 4) is 5.69 Å². The standard InChI is InChI=1S/C14H9F3N2/c15-14(16,17)10-6-7-12-13(8-10)19(9-18-12)11-4-2-1-3-5-11/h1-9H. The number of halogens is 3. The molecule has 0 fully saturated rings. The molecule has 0 saturated heterocycles. The monoisotopic (exact) mass is 262 g/mol. The van der Waals surface area contributed by atoms with Crippen LogP contribution in [0.5, 0.6) is 0 Å². The van der Waals surface area contributed by atoms with E-state index in [4.69, 9.17) is 0 Å². The first-order chi connectivity index (χ1) is 9.05. The first-order valence-electron chi connectivity index (χ1n) is 5.65. The topological polar surface area (TPSA) is 17.8 Å². The van der Waals surface area contributed by atoms with E-state index in [0.717, 1.165) is 17.8 Å². The Kier molecular flexibility index (Phi) is 2.55. The summed E-state index contributed by atoms with van der Waals surface area (Å²) in [4.78, 5) is 4.11. The number of para-hydroxylation sites is 1. The van der Waals surface area contributed by atoms with Crippen LogP contribution in [0.3, 0.4) is 0 Å². The number of benzene rings is 2. The van der Waals surface area contributed by atoms with Gasteiger partial charge in [0.1, 0.15) is 6.33 Å². The second-order valence-electron chi connectivity index (χ2n) is 4.15. The lowest BCUT2D eigenvalue weighted by Gasteiger charge is -2.08. The predicted molar refractivity (Wildman–Crippen MR) is 66.1 cm³/mol. The molecule has 0 unspecified atom stereocenters. The molecule has 5 heteroatoms. The fraction of sp³-hybridized carbons (Fsp3) is 0.0714. The van der Waals surface area contributed by atoms with Crippen molar-refractivity contribution < 1.29 is 13.2 Å². The fourth-order valence-electron chi connectivity index (χ4n) is 1.98. The van der Waals surface area contributed by atoms with Gasteiger partial charge in [0.25, 0.3) is 0 Å². The van der Waals surface area contributed by atoms with Crippen molar-refractivity contribution in [2.24, 2.45) is 0 Å². The van der Waals surface area contributed by atoms with Gasteiger partial charge in [0, 0.05) is 5.69 Å². The van der Waals surface area contributed by atoms with Crippen molar-refractivity contribution in [1.82, 2.24) is 9.55 Å². The van der Waals surface area contributed by atoms with Crippen LogP contribution in [0.2, 0.25) is 0 Å². The first-order valence-corrected chi connectivity index (χ1v) is 5.65. The Morgan fingerprint density at radius 1 is 0.947 bits per heavy atom. The molecule has 1 aromatic heterocycles. The molecule has 19 heavy (non-hydrogen) atoms. The van der Waals surface area contributed by atoms with Crippen molar-refractivity contribution in [1.29, 1.82) is 0 Å². The molecule has 2 nitrogen and oxygen atoms in total. The van der Waals surface area contributed by atoms with Crippen molar-refractivity contribution in [2.75, 3.05) is 0 Å². The highest BCUT2D eigenvalue weighted by atomic mass is 19.4. The number of hydrogen-bond acceptors (Lipinski definition) is 1. The Hall–Kier alpha value is -2.30. The van der Waals surface area contributed by atoms with Gasteiger partial charge in [0.15, 0.2) is 0 Å². The van der Waals surface area contributed by atoms with Gasteiger partial charge in [0.05, 0.1) is 16.6 Å². The summed E-state index contributed by atoms with van der Waals surface area (Å²) in [5.41, 5.74) is 1.10. The summed E-state index contributed by atoms with van der Waals surface area (Å²) < 4.78 is 39.8. The summed E-state index contributed by atoms with van der Waals surface area (Å²) in [6.07, 6.45) is -2.82. The number of hydrogen-bond donors (Lipinski definition) is 0. The van der Waals surface area contributed by atoms with Gasteiger partial charge in [-0.05, 0) is 30.3 Å². The third-order valence-corrected chi connectivity index (χ3v) is 2.91. The number of aromatic nitrogens is 2. The van der Waals surface area contributed by atoms with E-state index in [1.807, 2.05) is 30.3 Å². The van der Waals surface area contributed by atoms with Crippen molar-refractivity contribution in [3.63, 3.8) is 0 Å². The molecular weight excluding hydrogens is 253 g/mol. The summed E-state index contributed by atoms with van der Waals surface area (Å²) in [6.45, 7) is 0. The highest BCUT2D eigenvalue weighted by molar-refractivity contribution is 5.78. The zero-order valence-electron chi connectivity index (χ0n) is 9.72. The number of nitrogens with zero attached hydrogens (tertiary/aromatic N) is 2. The molecule has 0 N–H and O–H groups in total. The van der Waals surface area contributed by atoms with Gasteiger partial charge in [0.2, 0.25) is 0 Å². The van der Waals surface area contributed by atoms with E-state index in [0.29, 0.717) is 11.0 Å². The van der Waals surface area contributed by atoms with Crippen LogP contribution in [0.15, 0.2) is 54.9 Å². The second-order valence-corrected chi connectivity index (χ2v) is 4.15. The maximum Gasteiger partial charge on any atom is 0.416 e. The zero-order chi connectivity index (χ0) is 13.5. The Labute approximate surface area is 107 Å². The van der Waals surface area contributed by atoms with E-state index in [9.17, 15) is 13.2 Å². The molecule has 0 aliphatic heterocycles. The van der Waals surface area contributed by atoms with Gasteiger partial charge in [-0.1, -0.05) is 18.2 Å². The van der Waals surface area contributed by atoms with Crippen molar-refractivity contribution in [2.45, 2.75) is 6.18 Å². The SMILES string of the molecule is FC(F)(F)c1ccc2ncn(-c3ccccc3)c2c1. The van der Waals surface area contributed by atoms with Gasteiger partial charge in [-0.2, -0.15) is 13.2 Å². The van der Waals surface area contributed by atoms with Gasteiger partial charge in [-0.3, -0.25) is 4.57 Å². The largest absolute Gasteiger partial charge is 0.416 e. The molecule has 96 valence electrons. The van der Waals surface area contributed by atoms with Crippen LogP contribution in [-0.2, 0) is 6.18 Å². The van der Waals surface area contributed by atoms with Crippen LogP contribution < -0.4 is 0 Å². The lowest BCUT2D eigenvalue weighted by Crippen LogP contribution is -2.04. The van der Waals surface area contributed by atoms with Crippen LogP contribution in [0.1, 0.15) is 5.56 Å². The normalized spacial score (nSPS) is 11.9. The van der Waals surface area contributed by atoms with E-state index >= 15 is 0 Å². The number of fused-ring (bicyclic) bond motifs is 1. The van der Waals surface area contributed by atoms with E-state index in [1.165, 1.54) is 12.4 Å². The summed E-state index contributed by atoms with van der Waals surface area (Å²) in [5, 5.41) is 0. The smallest absolute Gasteiger partial charge is 0.299 e. The van der Waals surface area contributed by atoms with Crippen molar-refractivity contribution in [3.05, 3.63) is 60.4 Å². The zero-order valence-corrected chi connectivity index (χ0v) is 9.72. The van der Waals surface area contributed by atoms with Crippen LogP contribution in [0, 0.1) is 0 Å². The maximum atomic E-state index is 12.7. The molecule has 0 atom stereocenters. The second kappa shape index (κ2) is 4.12. The van der Waals surface area contributed by atoms with Crippen LogP contribution in [-0.4, -0.2) is 9.55 Å². The average molecular weight is 262 g/mol. The summed E-state index contributed by atoms with van der Waals surface area (Å²) in [6, 6.07) is 12.7. The molecule has 0 radical (unpaired) electrons. The number of imidazole rings is 1. The Morgan fingerprint density at radius 3 is 2.37 bits per heavy atom. The first kappa shape index (κ1) is 11.8. The van der Waals surface area contributed by atoms with Gasteiger partial charge >= 0.3 is 6.18 Å². The summed E-state index contributed by atoms with van der Waals surface area (Å²) in [7, 11) is 0. The molecule has 0 aliphatic carbocycles. The van der Waals surface area contributed by atoms with Crippen molar-refractivity contribution >= 4 is 11.0 Å². The molecule has 0 saturated carbocycles. The third-order valence-electron chi connectivity index (χ3n) is 2.91. The Morgan fingerprint density at radius 2 is 1.68 bits per heavy atom. The van der Waals surface area contributed by atoms with E-state index in [-0.39, 0.29) is 0 Å². The lowest BCUT2D eigenvalue weighted by molar-refractivity contribution is -0.137. The molecule has 0 bridgehead atoms. The lowest BCUT2D eigenvalue weighted by atomic mass is 10.2. The van der Waals surface area contributed by atoms with E-state index < -0.39 is 11.7 Å². The summed E-state index contributed by atoms with van der Waals surface area (Å²) >= 11 is 0. The highest BCUT2D eigenvalue weighted by Crippen LogP contribution is 2.31. The molecule has 0 aliphatic rings. The molecule has 2 aromatic carbocycles.